The Morgan fingerprint density at radius 2 is 2.36 bits per heavy atom. The van der Waals surface area contributed by atoms with Gasteiger partial charge in [-0.2, -0.15) is 0 Å². The number of rotatable bonds is 1. The highest BCUT2D eigenvalue weighted by molar-refractivity contribution is 9.12. The van der Waals surface area contributed by atoms with Crippen LogP contribution in [-0.2, 0) is 4.79 Å². The van der Waals surface area contributed by atoms with Crippen molar-refractivity contribution in [1.29, 1.82) is 0 Å². The van der Waals surface area contributed by atoms with E-state index in [0.29, 0.717) is 0 Å². The van der Waals surface area contributed by atoms with Gasteiger partial charge in [0.15, 0.2) is 0 Å². The first-order valence-corrected chi connectivity index (χ1v) is 4.38. The molecule has 0 spiro atoms. The molecule has 2 N–H and O–H groups in total. The number of nitrogens with one attached hydrogen (secondary N) is 1. The van der Waals surface area contributed by atoms with Crippen molar-refractivity contribution in [2.45, 2.75) is 4.45 Å². The Hall–Kier alpha value is -0.290. The zero-order valence-electron chi connectivity index (χ0n) is 5.34. The van der Waals surface area contributed by atoms with Gasteiger partial charge in [0.1, 0.15) is 0 Å². The molecule has 0 fully saturated rings. The summed E-state index contributed by atoms with van der Waals surface area (Å²) in [7, 11) is 0. The van der Waals surface area contributed by atoms with E-state index in [1.54, 1.807) is 12.3 Å². The molecule has 1 aliphatic heterocycles. The number of carboxylic acid groups (broad SMARTS) is 1. The van der Waals surface area contributed by atoms with Gasteiger partial charge < -0.3 is 10.4 Å². The van der Waals surface area contributed by atoms with Crippen molar-refractivity contribution in [3.05, 3.63) is 22.8 Å². The fourth-order valence-corrected chi connectivity index (χ4v) is 1.09. The summed E-state index contributed by atoms with van der Waals surface area (Å²) in [5, 5.41) is 11.3. The van der Waals surface area contributed by atoms with E-state index < -0.39 is 10.4 Å². The largest absolute Gasteiger partial charge is 0.479 e. The predicted molar refractivity (Wildman–Crippen MR) is 48.6 cm³/mol. The number of allylic oxidation sites excluding steroid dienone is 2. The van der Waals surface area contributed by atoms with Crippen LogP contribution in [0.1, 0.15) is 0 Å². The molecule has 0 amide bonds. The van der Waals surface area contributed by atoms with Crippen LogP contribution in [0.15, 0.2) is 22.8 Å². The molecule has 5 heteroatoms. The lowest BCUT2D eigenvalue weighted by Gasteiger charge is -2.21. The number of dihydropyridines is 1. The van der Waals surface area contributed by atoms with Gasteiger partial charge in [0.05, 0.1) is 0 Å². The zero-order valence-corrected chi connectivity index (χ0v) is 8.52. The molecule has 1 rings (SSSR count). The number of halogens is 2. The summed E-state index contributed by atoms with van der Waals surface area (Å²) in [6.07, 6.45) is 4.75. The minimum atomic E-state index is -1.15. The van der Waals surface area contributed by atoms with E-state index in [1.807, 2.05) is 0 Å². The highest BCUT2D eigenvalue weighted by Gasteiger charge is 2.32. The first kappa shape index (κ1) is 8.80. The normalized spacial score (nSPS) is 29.1. The molecule has 1 heterocycles. The molecule has 1 aliphatic rings. The van der Waals surface area contributed by atoms with Crippen molar-refractivity contribution in [3.8, 4) is 0 Å². The summed E-state index contributed by atoms with van der Waals surface area (Å²) in [4.78, 5) is 10.6. The van der Waals surface area contributed by atoms with Gasteiger partial charge >= 0.3 is 5.97 Å². The standard InChI is InChI=1S/C6H5Br2NO2/c7-4-1-2-6(8,5(10)11)9-3-4/h1-3,9H,(H,10,11). The summed E-state index contributed by atoms with van der Waals surface area (Å²) in [6, 6.07) is 0. The van der Waals surface area contributed by atoms with Gasteiger partial charge in [-0.15, -0.1) is 0 Å². The molecule has 0 aromatic carbocycles. The van der Waals surface area contributed by atoms with E-state index in [9.17, 15) is 4.79 Å². The molecule has 0 saturated carbocycles. The van der Waals surface area contributed by atoms with Crippen molar-refractivity contribution >= 4 is 37.8 Å². The second-order valence-corrected chi connectivity index (χ2v) is 4.19. The smallest absolute Gasteiger partial charge is 0.344 e. The van der Waals surface area contributed by atoms with E-state index in [1.165, 1.54) is 6.08 Å². The molecule has 0 aliphatic carbocycles. The Morgan fingerprint density at radius 1 is 1.73 bits per heavy atom. The summed E-state index contributed by atoms with van der Waals surface area (Å²) in [5.74, 6) is -0.968. The molecular weight excluding hydrogens is 278 g/mol. The average Bonchev–Trinajstić information content (AvgIpc) is 1.95. The second-order valence-electron chi connectivity index (χ2n) is 2.02. The first-order chi connectivity index (χ1) is 5.04. The fourth-order valence-electron chi connectivity index (χ4n) is 0.598. The number of hydrogen-bond acceptors (Lipinski definition) is 2. The lowest BCUT2D eigenvalue weighted by Crippen LogP contribution is -2.43. The van der Waals surface area contributed by atoms with Crippen LogP contribution >= 0.6 is 31.9 Å². The lowest BCUT2D eigenvalue weighted by molar-refractivity contribution is -0.138. The van der Waals surface area contributed by atoms with Crippen LogP contribution in [0.3, 0.4) is 0 Å². The van der Waals surface area contributed by atoms with E-state index >= 15 is 0 Å². The highest BCUT2D eigenvalue weighted by atomic mass is 79.9. The van der Waals surface area contributed by atoms with Crippen LogP contribution < -0.4 is 5.32 Å². The number of alkyl halides is 1. The third-order valence-corrected chi connectivity index (χ3v) is 2.53. The quantitative estimate of drug-likeness (QED) is 0.567. The lowest BCUT2D eigenvalue weighted by atomic mass is 10.2. The molecule has 0 aromatic rings. The van der Waals surface area contributed by atoms with Crippen molar-refractivity contribution in [3.63, 3.8) is 0 Å². The second kappa shape index (κ2) is 2.98. The number of hydrogen-bond donors (Lipinski definition) is 2. The molecule has 0 bridgehead atoms. The SMILES string of the molecule is O=C(O)C1(Br)C=CC(Br)=CN1. The van der Waals surface area contributed by atoms with Gasteiger partial charge in [0.2, 0.25) is 4.45 Å². The first-order valence-electron chi connectivity index (χ1n) is 2.79. The Kier molecular flexibility index (Phi) is 2.39. The summed E-state index contributed by atoms with van der Waals surface area (Å²) >= 11 is 6.21. The number of carboxylic acids is 1. The van der Waals surface area contributed by atoms with Gasteiger partial charge in [0, 0.05) is 10.7 Å². The third-order valence-electron chi connectivity index (χ3n) is 1.20. The van der Waals surface area contributed by atoms with Crippen LogP contribution in [0, 0.1) is 0 Å². The van der Waals surface area contributed by atoms with Gasteiger partial charge in [-0.3, -0.25) is 0 Å². The Bertz CT molecular complexity index is 249. The molecule has 0 saturated heterocycles. The van der Waals surface area contributed by atoms with Crippen molar-refractivity contribution in [2.24, 2.45) is 0 Å². The maximum Gasteiger partial charge on any atom is 0.344 e. The molecule has 11 heavy (non-hydrogen) atoms. The third kappa shape index (κ3) is 1.84. The molecular formula is C6H5Br2NO2. The Labute approximate surface area is 80.4 Å². The van der Waals surface area contributed by atoms with Crippen LogP contribution in [0.25, 0.3) is 0 Å². The maximum absolute atomic E-state index is 10.6. The number of carbonyl (C=O) groups is 1. The highest BCUT2D eigenvalue weighted by Crippen LogP contribution is 2.23. The summed E-state index contributed by atoms with van der Waals surface area (Å²) < 4.78 is -0.335. The van der Waals surface area contributed by atoms with Crippen molar-refractivity contribution in [1.82, 2.24) is 5.32 Å². The Morgan fingerprint density at radius 3 is 2.73 bits per heavy atom. The van der Waals surface area contributed by atoms with Gasteiger partial charge in [-0.25, -0.2) is 4.79 Å². The Balaban J connectivity index is 2.82. The molecule has 60 valence electrons. The van der Waals surface area contributed by atoms with Crippen LogP contribution in [0.2, 0.25) is 0 Å². The zero-order chi connectivity index (χ0) is 8.48. The predicted octanol–water partition coefficient (Wildman–Crippen LogP) is 1.56. The fraction of sp³-hybridized carbons (Fsp3) is 0.167. The van der Waals surface area contributed by atoms with E-state index in [0.717, 1.165) is 4.48 Å². The average molecular weight is 283 g/mol. The minimum Gasteiger partial charge on any atom is -0.479 e. The van der Waals surface area contributed by atoms with Gasteiger partial charge in [-0.05, 0) is 44.0 Å². The topological polar surface area (TPSA) is 49.3 Å². The monoisotopic (exact) mass is 281 g/mol. The molecule has 3 nitrogen and oxygen atoms in total. The van der Waals surface area contributed by atoms with E-state index in [2.05, 4.69) is 37.2 Å². The van der Waals surface area contributed by atoms with Gasteiger partial charge in [0.25, 0.3) is 0 Å². The minimum absolute atomic E-state index is 0.814. The van der Waals surface area contributed by atoms with Crippen molar-refractivity contribution in [2.75, 3.05) is 0 Å². The van der Waals surface area contributed by atoms with E-state index in [4.69, 9.17) is 5.11 Å². The van der Waals surface area contributed by atoms with Crippen LogP contribution in [0.4, 0.5) is 0 Å². The number of aliphatic carboxylic acids is 1. The summed E-state index contributed by atoms with van der Waals surface area (Å²) in [6.45, 7) is 0. The van der Waals surface area contributed by atoms with Crippen molar-refractivity contribution < 1.29 is 9.90 Å². The van der Waals surface area contributed by atoms with Crippen LogP contribution in [0.5, 0.6) is 0 Å². The molecule has 0 radical (unpaired) electrons. The molecule has 1 atom stereocenters. The molecule has 0 aromatic heterocycles. The van der Waals surface area contributed by atoms with E-state index in [-0.39, 0.29) is 0 Å². The van der Waals surface area contributed by atoms with Crippen LogP contribution in [-0.4, -0.2) is 15.5 Å². The van der Waals surface area contributed by atoms with Gasteiger partial charge in [-0.1, -0.05) is 0 Å². The maximum atomic E-state index is 10.6. The molecule has 1 unspecified atom stereocenters. The summed E-state index contributed by atoms with van der Waals surface area (Å²) in [5.41, 5.74) is 0.